The van der Waals surface area contributed by atoms with Gasteiger partial charge >= 0.3 is 12.1 Å². The van der Waals surface area contributed by atoms with Crippen molar-refractivity contribution in [2.24, 2.45) is 11.3 Å². The number of nitrogens with zero attached hydrogens (tertiary/aromatic N) is 1. The van der Waals surface area contributed by atoms with E-state index in [2.05, 4.69) is 6.92 Å². The first-order valence-corrected chi connectivity index (χ1v) is 10.2. The minimum atomic E-state index is -0.618. The Labute approximate surface area is 160 Å². The highest BCUT2D eigenvalue weighted by molar-refractivity contribution is 5.81. The van der Waals surface area contributed by atoms with Crippen LogP contribution in [0, 0.1) is 11.3 Å². The molecule has 0 rings (SSSR count). The van der Waals surface area contributed by atoms with Crippen LogP contribution in [0.1, 0.15) is 86.5 Å². The van der Waals surface area contributed by atoms with Crippen molar-refractivity contribution in [1.29, 1.82) is 0 Å². The molecule has 0 aliphatic rings. The Bertz CT molecular complexity index is 401. The number of rotatable bonds is 12. The monoisotopic (exact) mass is 371 g/mol. The average molecular weight is 372 g/mol. The Balaban J connectivity index is 4.29. The zero-order valence-electron chi connectivity index (χ0n) is 18.1. The molecule has 1 unspecified atom stereocenters. The van der Waals surface area contributed by atoms with Crippen LogP contribution < -0.4 is 0 Å². The van der Waals surface area contributed by atoms with Crippen LogP contribution in [-0.4, -0.2) is 43.3 Å². The fourth-order valence-electron chi connectivity index (χ4n) is 2.69. The molecule has 0 N–H and O–H groups in total. The maximum absolute atomic E-state index is 12.4. The van der Waals surface area contributed by atoms with E-state index < -0.39 is 12.1 Å². The maximum Gasteiger partial charge on any atom is 0.410 e. The number of esters is 1. The lowest BCUT2D eigenvalue weighted by Crippen LogP contribution is -2.47. The molecule has 5 heteroatoms. The Morgan fingerprint density at radius 3 is 1.96 bits per heavy atom. The molecular formula is C21H41NO4. The fourth-order valence-corrected chi connectivity index (χ4v) is 2.69. The second-order valence-corrected chi connectivity index (χ2v) is 8.70. The van der Waals surface area contributed by atoms with E-state index in [1.165, 1.54) is 37.0 Å². The third-order valence-electron chi connectivity index (χ3n) is 4.20. The van der Waals surface area contributed by atoms with Crippen LogP contribution in [0.2, 0.25) is 0 Å². The van der Waals surface area contributed by atoms with Gasteiger partial charge < -0.3 is 9.47 Å². The fraction of sp³-hybridized carbons (Fsp3) is 0.905. The highest BCUT2D eigenvalue weighted by atomic mass is 16.6. The first kappa shape index (κ1) is 24.7. The highest BCUT2D eigenvalue weighted by Crippen LogP contribution is 2.17. The quantitative estimate of drug-likeness (QED) is 0.339. The van der Waals surface area contributed by atoms with E-state index in [4.69, 9.17) is 9.47 Å². The molecule has 0 saturated heterocycles. The predicted octanol–water partition coefficient (Wildman–Crippen LogP) is 5.42. The van der Waals surface area contributed by atoms with Crippen molar-refractivity contribution < 1.29 is 19.1 Å². The summed E-state index contributed by atoms with van der Waals surface area (Å²) in [6, 6.07) is -0.618. The lowest BCUT2D eigenvalue weighted by molar-refractivity contribution is -0.150. The van der Waals surface area contributed by atoms with Gasteiger partial charge in [0.15, 0.2) is 0 Å². The third-order valence-corrected chi connectivity index (χ3v) is 4.20. The molecule has 0 bridgehead atoms. The number of ether oxygens (including phenoxy) is 2. The zero-order chi connectivity index (χ0) is 20.2. The summed E-state index contributed by atoms with van der Waals surface area (Å²) >= 11 is 0. The van der Waals surface area contributed by atoms with Crippen molar-refractivity contribution >= 4 is 12.1 Å². The van der Waals surface area contributed by atoms with Crippen molar-refractivity contribution in [3.05, 3.63) is 0 Å². The summed E-state index contributed by atoms with van der Waals surface area (Å²) in [5.74, 6) is -0.384. The Morgan fingerprint density at radius 2 is 1.46 bits per heavy atom. The number of carbonyl (C=O) groups excluding carboxylic acids is 2. The van der Waals surface area contributed by atoms with Gasteiger partial charge in [-0.15, -0.1) is 0 Å². The van der Waals surface area contributed by atoms with Gasteiger partial charge in [-0.2, -0.15) is 0 Å². The van der Waals surface area contributed by atoms with E-state index in [0.717, 1.165) is 12.8 Å². The Kier molecular flexibility index (Phi) is 12.4. The lowest BCUT2D eigenvalue weighted by Gasteiger charge is -2.29. The summed E-state index contributed by atoms with van der Waals surface area (Å²) in [5, 5.41) is 0. The largest absolute Gasteiger partial charge is 0.464 e. The number of unbranched alkanes of at least 4 members (excludes halogenated alkanes) is 6. The Morgan fingerprint density at radius 1 is 0.923 bits per heavy atom. The first-order chi connectivity index (χ1) is 12.1. The minimum Gasteiger partial charge on any atom is -0.464 e. The van der Waals surface area contributed by atoms with Crippen LogP contribution in [0.25, 0.3) is 0 Å². The smallest absolute Gasteiger partial charge is 0.410 e. The van der Waals surface area contributed by atoms with Crippen molar-refractivity contribution in [1.82, 2.24) is 4.90 Å². The molecule has 0 aliphatic carbocycles. The average Bonchev–Trinajstić information content (AvgIpc) is 2.54. The Hall–Kier alpha value is -1.26. The number of likely N-dealkylation sites (N-methyl/N-ethyl adjacent to an activating group) is 1. The van der Waals surface area contributed by atoms with E-state index in [1.807, 2.05) is 34.6 Å². The number of amides is 1. The standard InChI is InChI=1S/C21H41NO4/c1-8-9-10-11-12-13-14-15-25-19(23)18(17(2)3)22(7)20(24)26-16-21(4,5)6/h17-18H,8-16H2,1-7H3. The predicted molar refractivity (Wildman–Crippen MR) is 106 cm³/mol. The summed E-state index contributed by atoms with van der Waals surface area (Å²) in [7, 11) is 1.60. The van der Waals surface area contributed by atoms with Crippen molar-refractivity contribution in [2.45, 2.75) is 92.5 Å². The highest BCUT2D eigenvalue weighted by Gasteiger charge is 2.32. The molecule has 1 atom stereocenters. The molecule has 0 heterocycles. The van der Waals surface area contributed by atoms with Gasteiger partial charge in [0.25, 0.3) is 0 Å². The van der Waals surface area contributed by atoms with Crippen LogP contribution in [0.4, 0.5) is 4.79 Å². The summed E-state index contributed by atoms with van der Waals surface area (Å²) < 4.78 is 10.7. The van der Waals surface area contributed by atoms with Gasteiger partial charge in [0.2, 0.25) is 0 Å². The summed E-state index contributed by atoms with van der Waals surface area (Å²) in [5.41, 5.74) is -0.110. The molecule has 0 spiro atoms. The molecule has 0 radical (unpaired) electrons. The molecular weight excluding hydrogens is 330 g/mol. The molecule has 0 aliphatic heterocycles. The van der Waals surface area contributed by atoms with Gasteiger partial charge in [0.1, 0.15) is 6.04 Å². The molecule has 0 saturated carbocycles. The first-order valence-electron chi connectivity index (χ1n) is 10.2. The van der Waals surface area contributed by atoms with Crippen LogP contribution in [-0.2, 0) is 14.3 Å². The maximum atomic E-state index is 12.4. The van der Waals surface area contributed by atoms with E-state index in [-0.39, 0.29) is 17.3 Å². The molecule has 26 heavy (non-hydrogen) atoms. The number of carbonyl (C=O) groups is 2. The van der Waals surface area contributed by atoms with E-state index in [0.29, 0.717) is 13.2 Å². The third kappa shape index (κ3) is 11.4. The van der Waals surface area contributed by atoms with Gasteiger partial charge in [0.05, 0.1) is 13.2 Å². The van der Waals surface area contributed by atoms with Crippen LogP contribution in [0.5, 0.6) is 0 Å². The molecule has 0 aromatic rings. The van der Waals surface area contributed by atoms with Crippen molar-refractivity contribution in [2.75, 3.05) is 20.3 Å². The molecule has 154 valence electrons. The van der Waals surface area contributed by atoms with E-state index in [1.54, 1.807) is 7.05 Å². The summed E-state index contributed by atoms with van der Waals surface area (Å²) in [4.78, 5) is 26.0. The molecule has 0 aromatic heterocycles. The van der Waals surface area contributed by atoms with Crippen LogP contribution in [0.15, 0.2) is 0 Å². The molecule has 1 amide bonds. The SMILES string of the molecule is CCCCCCCCCOC(=O)C(C(C)C)N(C)C(=O)OCC(C)(C)C. The molecule has 0 fully saturated rings. The second-order valence-electron chi connectivity index (χ2n) is 8.70. The van der Waals surface area contributed by atoms with Crippen molar-refractivity contribution in [3.63, 3.8) is 0 Å². The van der Waals surface area contributed by atoms with E-state index in [9.17, 15) is 9.59 Å². The lowest BCUT2D eigenvalue weighted by atomic mass is 9.99. The van der Waals surface area contributed by atoms with E-state index >= 15 is 0 Å². The van der Waals surface area contributed by atoms with Gasteiger partial charge in [-0.3, -0.25) is 4.90 Å². The normalized spacial score (nSPS) is 12.8. The number of hydrogen-bond donors (Lipinski definition) is 0. The molecule has 0 aromatic carbocycles. The van der Waals surface area contributed by atoms with Crippen molar-refractivity contribution in [3.8, 4) is 0 Å². The molecule has 5 nitrogen and oxygen atoms in total. The number of hydrogen-bond acceptors (Lipinski definition) is 4. The second kappa shape index (κ2) is 13.0. The minimum absolute atomic E-state index is 0.0382. The summed E-state index contributed by atoms with van der Waals surface area (Å²) in [6.07, 6.45) is 7.73. The van der Waals surface area contributed by atoms with Gasteiger partial charge in [-0.1, -0.05) is 80.1 Å². The topological polar surface area (TPSA) is 55.8 Å². The zero-order valence-corrected chi connectivity index (χ0v) is 18.1. The van der Waals surface area contributed by atoms with Gasteiger partial charge in [-0.25, -0.2) is 9.59 Å². The summed E-state index contributed by atoms with van der Waals surface area (Å²) in [6.45, 7) is 12.7. The van der Waals surface area contributed by atoms with Gasteiger partial charge in [0, 0.05) is 7.05 Å². The van der Waals surface area contributed by atoms with Crippen LogP contribution in [0.3, 0.4) is 0 Å². The van der Waals surface area contributed by atoms with Crippen LogP contribution >= 0.6 is 0 Å². The van der Waals surface area contributed by atoms with Gasteiger partial charge in [-0.05, 0) is 17.8 Å².